The fourth-order valence-corrected chi connectivity index (χ4v) is 5.51. The summed E-state index contributed by atoms with van der Waals surface area (Å²) in [6.07, 6.45) is -13.1. The number of aromatic nitrogens is 2. The van der Waals surface area contributed by atoms with E-state index in [0.717, 1.165) is 0 Å². The maximum absolute atomic E-state index is 12.1. The molecule has 0 spiro atoms. The molecule has 23 heteroatoms. The predicted octanol–water partition coefficient (Wildman–Crippen LogP) is -8.59. The lowest BCUT2D eigenvalue weighted by molar-refractivity contribution is -0.314. The van der Waals surface area contributed by atoms with Gasteiger partial charge in [-0.1, -0.05) is 0 Å². The highest BCUT2D eigenvalue weighted by molar-refractivity contribution is 5.90. The van der Waals surface area contributed by atoms with E-state index in [-0.39, 0.29) is 12.0 Å². The summed E-state index contributed by atoms with van der Waals surface area (Å²) in [4.78, 5) is 37.3. The van der Waals surface area contributed by atoms with E-state index in [0.29, 0.717) is 0 Å². The molecule has 276 valence electrons. The zero-order chi connectivity index (χ0) is 36.8. The van der Waals surface area contributed by atoms with Crippen molar-refractivity contribution in [2.75, 3.05) is 13.7 Å². The van der Waals surface area contributed by atoms with Crippen LogP contribution in [0.1, 0.15) is 17.4 Å². The third-order valence-electron chi connectivity index (χ3n) is 8.15. The van der Waals surface area contributed by atoms with Crippen LogP contribution >= 0.6 is 0 Å². The number of aliphatic hydroxyl groups excluding tert-OH is 6. The number of carbonyl (C=O) groups excluding carboxylic acids is 2. The molecule has 2 saturated heterocycles. The first-order valence-corrected chi connectivity index (χ1v) is 14.7. The predicted molar refractivity (Wildman–Crippen MR) is 163 cm³/mol. The van der Waals surface area contributed by atoms with Gasteiger partial charge in [0.1, 0.15) is 66.6 Å². The lowest BCUT2D eigenvalue weighted by atomic mass is 9.81. The molecule has 0 radical (unpaired) electrons. The van der Waals surface area contributed by atoms with Gasteiger partial charge in [0.2, 0.25) is 0 Å². The minimum absolute atomic E-state index is 0.140. The summed E-state index contributed by atoms with van der Waals surface area (Å²) in [5, 5.41) is 76.6. The molecule has 0 unspecified atom stereocenters. The summed E-state index contributed by atoms with van der Waals surface area (Å²) >= 11 is 0. The zero-order valence-corrected chi connectivity index (χ0v) is 26.4. The molecule has 1 aromatic heterocycles. The summed E-state index contributed by atoms with van der Waals surface area (Å²) in [7, 11) is 1.42. The van der Waals surface area contributed by atoms with Gasteiger partial charge in [0.25, 0.3) is 5.91 Å². The quantitative estimate of drug-likeness (QED) is 0.0610. The second kappa shape index (κ2) is 16.8. The molecule has 0 bridgehead atoms. The van der Waals surface area contributed by atoms with Gasteiger partial charge in [-0.15, -0.1) is 0 Å². The molecule has 2 aliphatic heterocycles. The Morgan fingerprint density at radius 3 is 2.06 bits per heavy atom. The molecule has 3 heterocycles. The van der Waals surface area contributed by atoms with Crippen LogP contribution in [0.3, 0.4) is 0 Å². The standard InChI is InChI=1S/C21H39N7O12.C5H5N3O/c1-5-21(36,4-30)16(40-17-9(26-2)13(34)10(31)6(3-29)38-17)18(37-5)39-15-8(28-20(24)25)11(32)7(27-19(22)23)12(33)14(15)35;6-5(9)4-3-7-1-2-8-4/h4-18,26,29,31-36H,3H2,1-2H3,(H4,22,23,27)(H4,24,25,28);1-3H,(H2,6,9)/t5-,6-,7+,8-,9-,10-,11+,12-,13-,14+,15+,16-,17-,18-,21+;/m0./s1. The van der Waals surface area contributed by atoms with E-state index in [1.807, 2.05) is 0 Å². The van der Waals surface area contributed by atoms with E-state index in [1.54, 1.807) is 0 Å². The van der Waals surface area contributed by atoms with Crippen LogP contribution in [-0.2, 0) is 23.7 Å². The monoisotopic (exact) mass is 704 g/mol. The molecule has 1 amide bonds. The zero-order valence-electron chi connectivity index (χ0n) is 26.4. The van der Waals surface area contributed by atoms with Crippen molar-refractivity contribution >= 4 is 24.1 Å². The van der Waals surface area contributed by atoms with Crippen molar-refractivity contribution in [2.24, 2.45) is 38.7 Å². The Morgan fingerprint density at radius 2 is 1.57 bits per heavy atom. The normalized spacial score (nSPS) is 40.3. The smallest absolute Gasteiger partial charge is 0.268 e. The minimum atomic E-state index is -2.38. The highest BCUT2D eigenvalue weighted by Crippen LogP contribution is 2.38. The average Bonchev–Trinajstić information content (AvgIpc) is 3.30. The number of ether oxygens (including phenoxy) is 4. The lowest BCUT2D eigenvalue weighted by Crippen LogP contribution is -2.66. The largest absolute Gasteiger partial charge is 0.394 e. The number of guanidine groups is 2. The number of primary amides is 1. The van der Waals surface area contributed by atoms with Gasteiger partial charge in [-0.25, -0.2) is 15.0 Å². The molecular weight excluding hydrogens is 660 g/mol. The van der Waals surface area contributed by atoms with Crippen LogP contribution in [-0.4, -0.2) is 175 Å². The molecule has 3 fully saturated rings. The van der Waals surface area contributed by atoms with Gasteiger partial charge in [-0.3, -0.25) is 14.6 Å². The number of nitrogens with two attached hydrogens (primary N) is 5. The maximum Gasteiger partial charge on any atom is 0.268 e. The van der Waals surface area contributed by atoms with E-state index in [1.165, 1.54) is 32.6 Å². The topological polar surface area (TPSA) is 405 Å². The van der Waals surface area contributed by atoms with Gasteiger partial charge in [0, 0.05) is 12.4 Å². The first-order valence-electron chi connectivity index (χ1n) is 14.7. The van der Waals surface area contributed by atoms with Crippen LogP contribution < -0.4 is 34.0 Å². The van der Waals surface area contributed by atoms with Crippen molar-refractivity contribution in [1.29, 1.82) is 0 Å². The first kappa shape index (κ1) is 39.7. The van der Waals surface area contributed by atoms with E-state index in [9.17, 15) is 45.3 Å². The molecule has 1 aromatic rings. The van der Waals surface area contributed by atoms with Gasteiger partial charge < -0.3 is 88.7 Å². The summed E-state index contributed by atoms with van der Waals surface area (Å²) < 4.78 is 22.9. The molecule has 0 aromatic carbocycles. The first-order chi connectivity index (χ1) is 23.0. The SMILES string of the molecule is CN[C@@H]1[C@H](O[C@H]2[C@H](O[C@H]3[C@H](O)[C@@H](O)[C@H](N=C(N)N)[C@@H](O)[C@@H]3N=C(N)N)O[C@@H](C)[C@]2(O)C=O)O[C@@H](CO)[C@H](O)[C@H]1O.NC(=O)c1cnccn1. The van der Waals surface area contributed by atoms with Crippen molar-refractivity contribution in [3.63, 3.8) is 0 Å². The van der Waals surface area contributed by atoms with Crippen LogP contribution in [0.2, 0.25) is 0 Å². The Hall–Kier alpha value is -3.72. The third kappa shape index (κ3) is 8.72. The van der Waals surface area contributed by atoms with E-state index >= 15 is 0 Å². The Kier molecular flexibility index (Phi) is 13.6. The Labute approximate surface area is 278 Å². The number of aliphatic imine (C=N–C) groups is 2. The Bertz CT molecular complexity index is 1310. The average molecular weight is 705 g/mol. The number of rotatable bonds is 10. The van der Waals surface area contributed by atoms with Crippen LogP contribution in [0.25, 0.3) is 0 Å². The fraction of sp³-hybridized carbons (Fsp3) is 0.692. The minimum Gasteiger partial charge on any atom is -0.394 e. The summed E-state index contributed by atoms with van der Waals surface area (Å²) in [6, 6.07) is -4.08. The van der Waals surface area contributed by atoms with Gasteiger partial charge in [0.05, 0.1) is 24.9 Å². The highest BCUT2D eigenvalue weighted by atomic mass is 16.8. The van der Waals surface area contributed by atoms with Crippen LogP contribution in [0, 0.1) is 0 Å². The van der Waals surface area contributed by atoms with Crippen molar-refractivity contribution < 1.29 is 64.3 Å². The molecule has 23 nitrogen and oxygen atoms in total. The number of hydrogen-bond donors (Lipinski definition) is 13. The number of hydrogen-bond acceptors (Lipinski definition) is 18. The summed E-state index contributed by atoms with van der Waals surface area (Å²) in [5.74, 6) is -1.59. The highest BCUT2D eigenvalue weighted by Gasteiger charge is 2.60. The van der Waals surface area contributed by atoms with Gasteiger partial charge in [-0.05, 0) is 14.0 Å². The fourth-order valence-electron chi connectivity index (χ4n) is 5.51. The molecule has 15 atom stereocenters. The van der Waals surface area contributed by atoms with Gasteiger partial charge >= 0.3 is 0 Å². The van der Waals surface area contributed by atoms with Crippen molar-refractivity contribution in [2.45, 2.75) is 98.2 Å². The van der Waals surface area contributed by atoms with E-state index < -0.39 is 116 Å². The molecule has 3 aliphatic rings. The van der Waals surface area contributed by atoms with Crippen molar-refractivity contribution in [1.82, 2.24) is 15.3 Å². The van der Waals surface area contributed by atoms with Gasteiger partial charge in [-0.2, -0.15) is 0 Å². The Morgan fingerprint density at radius 1 is 0.939 bits per heavy atom. The van der Waals surface area contributed by atoms with E-state index in [4.69, 9.17) is 47.6 Å². The van der Waals surface area contributed by atoms with Gasteiger partial charge in [0.15, 0.2) is 36.4 Å². The molecule has 1 aliphatic carbocycles. The number of nitrogens with one attached hydrogen (secondary N) is 1. The van der Waals surface area contributed by atoms with Crippen LogP contribution in [0.5, 0.6) is 0 Å². The molecule has 18 N–H and O–H groups in total. The third-order valence-corrected chi connectivity index (χ3v) is 8.15. The number of aliphatic hydroxyl groups is 7. The van der Waals surface area contributed by atoms with Crippen molar-refractivity contribution in [3.8, 4) is 0 Å². The number of carbonyl (C=O) groups is 2. The molecule has 1 saturated carbocycles. The number of amides is 1. The van der Waals surface area contributed by atoms with Crippen LogP contribution in [0.15, 0.2) is 28.6 Å². The summed E-state index contributed by atoms with van der Waals surface area (Å²) in [5.41, 5.74) is 24.4. The molecule has 49 heavy (non-hydrogen) atoms. The Balaban J connectivity index is 0.000000624. The van der Waals surface area contributed by atoms with Crippen LogP contribution in [0.4, 0.5) is 0 Å². The van der Waals surface area contributed by atoms with Crippen molar-refractivity contribution in [3.05, 3.63) is 24.3 Å². The molecule has 4 rings (SSSR count). The maximum atomic E-state index is 12.1. The second-order valence-electron chi connectivity index (χ2n) is 11.3. The number of nitrogens with zero attached hydrogens (tertiary/aromatic N) is 4. The number of likely N-dealkylation sites (N-methyl/N-ethyl adjacent to an activating group) is 1. The molecular formula is C26H44N10O13. The van der Waals surface area contributed by atoms with E-state index in [2.05, 4.69) is 25.3 Å². The lowest BCUT2D eigenvalue weighted by Gasteiger charge is -2.45. The summed E-state index contributed by atoms with van der Waals surface area (Å²) in [6.45, 7) is 0.620. The second-order valence-corrected chi connectivity index (χ2v) is 11.3. The number of aldehydes is 1.